The predicted molar refractivity (Wildman–Crippen MR) is 84.5 cm³/mol. The van der Waals surface area contributed by atoms with E-state index in [0.29, 0.717) is 18.6 Å². The number of phenolic OH excluding ortho intramolecular Hbond substituents is 1. The van der Waals surface area contributed by atoms with Gasteiger partial charge in [0.1, 0.15) is 11.5 Å². The van der Waals surface area contributed by atoms with Crippen molar-refractivity contribution in [2.24, 2.45) is 0 Å². The molecule has 0 fully saturated rings. The van der Waals surface area contributed by atoms with Crippen LogP contribution in [0.25, 0.3) is 0 Å². The third-order valence-electron chi connectivity index (χ3n) is 3.30. The maximum Gasteiger partial charge on any atom is 0.337 e. The van der Waals surface area contributed by atoms with Gasteiger partial charge in [-0.05, 0) is 41.8 Å². The van der Waals surface area contributed by atoms with Crippen molar-refractivity contribution in [3.63, 3.8) is 0 Å². The zero-order valence-corrected chi connectivity index (χ0v) is 12.8. The van der Waals surface area contributed by atoms with Gasteiger partial charge >= 0.3 is 5.97 Å². The zero-order valence-electron chi connectivity index (χ0n) is 12.8. The average molecular weight is 300 g/mol. The molecule has 0 heterocycles. The van der Waals surface area contributed by atoms with Crippen LogP contribution < -0.4 is 4.74 Å². The highest BCUT2D eigenvalue weighted by Gasteiger charge is 2.09. The monoisotopic (exact) mass is 300 g/mol. The summed E-state index contributed by atoms with van der Waals surface area (Å²) in [5.41, 5.74) is 2.16. The Hall–Kier alpha value is -2.49. The molecule has 0 saturated heterocycles. The fourth-order valence-electron chi connectivity index (χ4n) is 2.10. The number of ether oxygens (including phenoxy) is 2. The van der Waals surface area contributed by atoms with Gasteiger partial charge in [-0.2, -0.15) is 0 Å². The standard InChI is InChI=1S/C18H20O4/c1-3-10-22-16-8-4-13(5-9-16)11-14-6-7-15(12-17(14)19)18(20)21-2/h4-9,12,19H,3,10-11H2,1-2H3. The van der Waals surface area contributed by atoms with Crippen molar-refractivity contribution in [3.8, 4) is 11.5 Å². The zero-order chi connectivity index (χ0) is 15.9. The van der Waals surface area contributed by atoms with Gasteiger partial charge in [0.15, 0.2) is 0 Å². The maximum absolute atomic E-state index is 11.4. The number of carbonyl (C=O) groups excluding carboxylic acids is 1. The Morgan fingerprint density at radius 1 is 1.14 bits per heavy atom. The Balaban J connectivity index is 2.08. The lowest BCUT2D eigenvalue weighted by molar-refractivity contribution is 0.0600. The number of phenols is 1. The summed E-state index contributed by atoms with van der Waals surface area (Å²) in [6.45, 7) is 2.77. The largest absolute Gasteiger partial charge is 0.508 e. The van der Waals surface area contributed by atoms with Gasteiger partial charge in [-0.25, -0.2) is 4.79 Å². The third kappa shape index (κ3) is 4.01. The number of carbonyl (C=O) groups is 1. The summed E-state index contributed by atoms with van der Waals surface area (Å²) < 4.78 is 10.2. The van der Waals surface area contributed by atoms with E-state index >= 15 is 0 Å². The fraction of sp³-hybridized carbons (Fsp3) is 0.278. The second-order valence-electron chi connectivity index (χ2n) is 5.00. The van der Waals surface area contributed by atoms with Gasteiger partial charge in [0.2, 0.25) is 0 Å². The summed E-state index contributed by atoms with van der Waals surface area (Å²) in [4.78, 5) is 11.4. The summed E-state index contributed by atoms with van der Waals surface area (Å²) in [6, 6.07) is 12.6. The van der Waals surface area contributed by atoms with Crippen LogP contribution in [0.3, 0.4) is 0 Å². The van der Waals surface area contributed by atoms with Crippen molar-refractivity contribution in [2.75, 3.05) is 13.7 Å². The van der Waals surface area contributed by atoms with E-state index in [2.05, 4.69) is 11.7 Å². The number of methoxy groups -OCH3 is 1. The Bertz CT molecular complexity index is 632. The number of benzene rings is 2. The molecule has 4 nitrogen and oxygen atoms in total. The first kappa shape index (κ1) is 15.9. The van der Waals surface area contributed by atoms with E-state index in [-0.39, 0.29) is 5.75 Å². The highest BCUT2D eigenvalue weighted by Crippen LogP contribution is 2.23. The van der Waals surface area contributed by atoms with Crippen molar-refractivity contribution >= 4 is 5.97 Å². The van der Waals surface area contributed by atoms with Crippen LogP contribution in [0, 0.1) is 0 Å². The van der Waals surface area contributed by atoms with E-state index < -0.39 is 5.97 Å². The minimum Gasteiger partial charge on any atom is -0.508 e. The topological polar surface area (TPSA) is 55.8 Å². The predicted octanol–water partition coefficient (Wildman–Crippen LogP) is 3.56. The summed E-state index contributed by atoms with van der Waals surface area (Å²) in [6.07, 6.45) is 1.56. The van der Waals surface area contributed by atoms with Crippen LogP contribution in [0.15, 0.2) is 42.5 Å². The molecule has 0 aromatic heterocycles. The molecule has 22 heavy (non-hydrogen) atoms. The molecule has 0 aliphatic rings. The lowest BCUT2D eigenvalue weighted by Crippen LogP contribution is -2.01. The molecule has 0 aliphatic heterocycles. The summed E-state index contributed by atoms with van der Waals surface area (Å²) in [5, 5.41) is 10.0. The molecule has 0 unspecified atom stereocenters. The quantitative estimate of drug-likeness (QED) is 0.829. The molecule has 0 saturated carbocycles. The van der Waals surface area contributed by atoms with Crippen LogP contribution in [0.5, 0.6) is 11.5 Å². The molecule has 2 rings (SSSR count). The molecule has 0 radical (unpaired) electrons. The van der Waals surface area contributed by atoms with Gasteiger partial charge < -0.3 is 14.6 Å². The van der Waals surface area contributed by atoms with Crippen LogP contribution in [0.1, 0.15) is 34.8 Å². The van der Waals surface area contributed by atoms with Crippen LogP contribution >= 0.6 is 0 Å². The minimum absolute atomic E-state index is 0.0919. The summed E-state index contributed by atoms with van der Waals surface area (Å²) >= 11 is 0. The molecule has 2 aromatic rings. The molecule has 4 heteroatoms. The summed E-state index contributed by atoms with van der Waals surface area (Å²) in [5.74, 6) is 0.476. The molecule has 1 N–H and O–H groups in total. The minimum atomic E-state index is -0.459. The van der Waals surface area contributed by atoms with E-state index in [1.165, 1.54) is 13.2 Å². The third-order valence-corrected chi connectivity index (χ3v) is 3.30. The Morgan fingerprint density at radius 2 is 1.86 bits per heavy atom. The van der Waals surface area contributed by atoms with Crippen molar-refractivity contribution < 1.29 is 19.4 Å². The first-order valence-electron chi connectivity index (χ1n) is 7.26. The average Bonchev–Trinajstić information content (AvgIpc) is 2.55. The number of hydrogen-bond acceptors (Lipinski definition) is 4. The molecular weight excluding hydrogens is 280 g/mol. The first-order chi connectivity index (χ1) is 10.6. The van der Waals surface area contributed by atoms with Crippen molar-refractivity contribution in [2.45, 2.75) is 19.8 Å². The molecule has 0 atom stereocenters. The number of esters is 1. The molecule has 0 spiro atoms. The Morgan fingerprint density at radius 3 is 2.45 bits per heavy atom. The highest BCUT2D eigenvalue weighted by atomic mass is 16.5. The fourth-order valence-corrected chi connectivity index (χ4v) is 2.10. The molecule has 2 aromatic carbocycles. The van der Waals surface area contributed by atoms with E-state index in [4.69, 9.17) is 4.74 Å². The lowest BCUT2D eigenvalue weighted by atomic mass is 10.0. The van der Waals surface area contributed by atoms with E-state index in [9.17, 15) is 9.90 Å². The number of aromatic hydroxyl groups is 1. The maximum atomic E-state index is 11.4. The molecule has 116 valence electrons. The second-order valence-corrected chi connectivity index (χ2v) is 5.00. The number of hydrogen-bond donors (Lipinski definition) is 1. The summed E-state index contributed by atoms with van der Waals surface area (Å²) in [7, 11) is 1.31. The first-order valence-corrected chi connectivity index (χ1v) is 7.26. The van der Waals surface area contributed by atoms with Crippen LogP contribution in [0.2, 0.25) is 0 Å². The van der Waals surface area contributed by atoms with Crippen molar-refractivity contribution in [1.82, 2.24) is 0 Å². The second kappa shape index (κ2) is 7.50. The van der Waals surface area contributed by atoms with Crippen LogP contribution in [0.4, 0.5) is 0 Å². The van der Waals surface area contributed by atoms with Crippen molar-refractivity contribution in [1.29, 1.82) is 0 Å². The van der Waals surface area contributed by atoms with Gasteiger partial charge in [-0.15, -0.1) is 0 Å². The van der Waals surface area contributed by atoms with E-state index in [0.717, 1.165) is 23.3 Å². The van der Waals surface area contributed by atoms with Gasteiger partial charge in [-0.3, -0.25) is 0 Å². The Labute approximate surface area is 130 Å². The van der Waals surface area contributed by atoms with Gasteiger partial charge in [0.25, 0.3) is 0 Å². The molecule has 0 bridgehead atoms. The molecule has 0 aliphatic carbocycles. The molecular formula is C18H20O4. The normalized spacial score (nSPS) is 10.3. The Kier molecular flexibility index (Phi) is 5.42. The smallest absolute Gasteiger partial charge is 0.337 e. The van der Waals surface area contributed by atoms with Gasteiger partial charge in [0, 0.05) is 6.42 Å². The van der Waals surface area contributed by atoms with E-state index in [1.807, 2.05) is 24.3 Å². The molecule has 0 amide bonds. The SMILES string of the molecule is CCCOc1ccc(Cc2ccc(C(=O)OC)cc2O)cc1. The van der Waals surface area contributed by atoms with Crippen LogP contribution in [-0.4, -0.2) is 24.8 Å². The van der Waals surface area contributed by atoms with Crippen molar-refractivity contribution in [3.05, 3.63) is 59.2 Å². The lowest BCUT2D eigenvalue weighted by Gasteiger charge is -2.08. The van der Waals surface area contributed by atoms with E-state index in [1.54, 1.807) is 12.1 Å². The van der Waals surface area contributed by atoms with Gasteiger partial charge in [-0.1, -0.05) is 25.1 Å². The van der Waals surface area contributed by atoms with Gasteiger partial charge in [0.05, 0.1) is 19.3 Å². The van der Waals surface area contributed by atoms with Crippen LogP contribution in [-0.2, 0) is 11.2 Å². The highest BCUT2D eigenvalue weighted by molar-refractivity contribution is 5.89. The number of rotatable bonds is 6.